The van der Waals surface area contributed by atoms with Crippen LogP contribution in [0.2, 0.25) is 0 Å². The van der Waals surface area contributed by atoms with Crippen LogP contribution in [0.3, 0.4) is 0 Å². The molecule has 5 rings (SSSR count). The van der Waals surface area contributed by atoms with Crippen LogP contribution in [-0.2, 0) is 9.53 Å². The van der Waals surface area contributed by atoms with Crippen molar-refractivity contribution in [3.05, 3.63) is 65.2 Å². The minimum absolute atomic E-state index is 0.0238. The second kappa shape index (κ2) is 9.93. The van der Waals surface area contributed by atoms with Crippen LogP contribution in [0.25, 0.3) is 0 Å². The maximum atomic E-state index is 13.9. The molecule has 0 bridgehead atoms. The van der Waals surface area contributed by atoms with Gasteiger partial charge in [0.2, 0.25) is 5.91 Å². The SMILES string of the molecule is COc1ccc(C(=O)N2C(C(=O)N3CCCC3)COC23CCN(C(=O)c2cccc(C)c2)CC3)cc1. The van der Waals surface area contributed by atoms with E-state index >= 15 is 0 Å². The monoisotopic (exact) mass is 491 g/mol. The van der Waals surface area contributed by atoms with Crippen molar-refractivity contribution in [1.29, 1.82) is 0 Å². The van der Waals surface area contributed by atoms with Crippen molar-refractivity contribution >= 4 is 17.7 Å². The van der Waals surface area contributed by atoms with E-state index in [0.29, 0.717) is 55.9 Å². The lowest BCUT2D eigenvalue weighted by Crippen LogP contribution is -2.60. The molecule has 0 radical (unpaired) electrons. The van der Waals surface area contributed by atoms with E-state index in [1.54, 1.807) is 36.3 Å². The maximum Gasteiger partial charge on any atom is 0.256 e. The average Bonchev–Trinajstić information content (AvgIpc) is 3.57. The molecular weight excluding hydrogens is 458 g/mol. The third-order valence-electron chi connectivity index (χ3n) is 7.62. The molecule has 2 aromatic carbocycles. The summed E-state index contributed by atoms with van der Waals surface area (Å²) < 4.78 is 11.6. The van der Waals surface area contributed by atoms with Crippen LogP contribution in [-0.4, -0.2) is 84.1 Å². The zero-order chi connectivity index (χ0) is 25.3. The summed E-state index contributed by atoms with van der Waals surface area (Å²) in [6.07, 6.45) is 2.87. The molecule has 3 fully saturated rings. The lowest BCUT2D eigenvalue weighted by molar-refractivity contribution is -0.136. The van der Waals surface area contributed by atoms with Crippen molar-refractivity contribution in [2.75, 3.05) is 39.9 Å². The summed E-state index contributed by atoms with van der Waals surface area (Å²) in [5.41, 5.74) is 1.26. The Balaban J connectivity index is 1.39. The fourth-order valence-electron chi connectivity index (χ4n) is 5.60. The first-order chi connectivity index (χ1) is 17.4. The minimum Gasteiger partial charge on any atom is -0.497 e. The van der Waals surface area contributed by atoms with Gasteiger partial charge in [-0.3, -0.25) is 19.3 Å². The molecule has 3 saturated heterocycles. The van der Waals surface area contributed by atoms with Crippen molar-refractivity contribution in [1.82, 2.24) is 14.7 Å². The van der Waals surface area contributed by atoms with Gasteiger partial charge in [0.25, 0.3) is 11.8 Å². The van der Waals surface area contributed by atoms with Gasteiger partial charge in [-0.05, 0) is 56.2 Å². The third kappa shape index (κ3) is 4.46. The molecule has 1 spiro atoms. The zero-order valence-electron chi connectivity index (χ0n) is 20.9. The number of carbonyl (C=O) groups excluding carboxylic acids is 3. The van der Waals surface area contributed by atoms with Crippen LogP contribution < -0.4 is 4.74 Å². The molecule has 1 atom stereocenters. The fourth-order valence-corrected chi connectivity index (χ4v) is 5.60. The summed E-state index contributed by atoms with van der Waals surface area (Å²) in [6.45, 7) is 4.46. The van der Waals surface area contributed by atoms with E-state index in [1.165, 1.54) is 0 Å². The molecule has 3 aliphatic heterocycles. The molecule has 0 aromatic heterocycles. The summed E-state index contributed by atoms with van der Waals surface area (Å²) >= 11 is 0. The summed E-state index contributed by atoms with van der Waals surface area (Å²) in [4.78, 5) is 45.8. The van der Waals surface area contributed by atoms with Gasteiger partial charge in [-0.25, -0.2) is 0 Å². The van der Waals surface area contributed by atoms with Gasteiger partial charge in [0, 0.05) is 50.1 Å². The van der Waals surface area contributed by atoms with Crippen LogP contribution in [0, 0.1) is 6.92 Å². The Bertz CT molecular complexity index is 1130. The predicted molar refractivity (Wildman–Crippen MR) is 134 cm³/mol. The molecular formula is C28H33N3O5. The molecule has 1 unspecified atom stereocenters. The van der Waals surface area contributed by atoms with E-state index < -0.39 is 11.8 Å². The van der Waals surface area contributed by atoms with Crippen LogP contribution >= 0.6 is 0 Å². The Kier molecular flexibility index (Phi) is 6.71. The highest BCUT2D eigenvalue weighted by Crippen LogP contribution is 2.39. The molecule has 3 heterocycles. The normalized spacial score (nSPS) is 21.2. The Morgan fingerprint density at radius 2 is 1.58 bits per heavy atom. The van der Waals surface area contributed by atoms with Gasteiger partial charge in [0.05, 0.1) is 13.7 Å². The quantitative estimate of drug-likeness (QED) is 0.657. The number of nitrogens with zero attached hydrogens (tertiary/aromatic N) is 3. The average molecular weight is 492 g/mol. The Hall–Kier alpha value is -3.39. The Morgan fingerprint density at radius 3 is 2.22 bits per heavy atom. The van der Waals surface area contributed by atoms with E-state index in [9.17, 15) is 14.4 Å². The van der Waals surface area contributed by atoms with E-state index in [-0.39, 0.29) is 24.3 Å². The molecule has 36 heavy (non-hydrogen) atoms. The maximum absolute atomic E-state index is 13.9. The Morgan fingerprint density at radius 1 is 0.889 bits per heavy atom. The van der Waals surface area contributed by atoms with Crippen LogP contribution in [0.1, 0.15) is 52.0 Å². The number of hydrogen-bond acceptors (Lipinski definition) is 5. The zero-order valence-corrected chi connectivity index (χ0v) is 20.9. The number of amides is 3. The molecule has 8 heteroatoms. The van der Waals surface area contributed by atoms with Crippen LogP contribution in [0.5, 0.6) is 5.75 Å². The second-order valence-corrected chi connectivity index (χ2v) is 9.87. The number of benzene rings is 2. The predicted octanol–water partition coefficient (Wildman–Crippen LogP) is 3.10. The molecule has 2 aromatic rings. The lowest BCUT2D eigenvalue weighted by atomic mass is 9.95. The van der Waals surface area contributed by atoms with Gasteiger partial charge in [-0.15, -0.1) is 0 Å². The van der Waals surface area contributed by atoms with Crippen molar-refractivity contribution in [3.63, 3.8) is 0 Å². The first kappa shape index (κ1) is 24.3. The number of carbonyl (C=O) groups is 3. The number of ether oxygens (including phenoxy) is 2. The van der Waals surface area contributed by atoms with E-state index in [0.717, 1.165) is 18.4 Å². The van der Waals surface area contributed by atoms with Gasteiger partial charge in [-0.2, -0.15) is 0 Å². The lowest BCUT2D eigenvalue weighted by Gasteiger charge is -2.44. The highest BCUT2D eigenvalue weighted by atomic mass is 16.5. The number of hydrogen-bond donors (Lipinski definition) is 0. The highest BCUT2D eigenvalue weighted by Gasteiger charge is 2.55. The van der Waals surface area contributed by atoms with Crippen molar-refractivity contribution < 1.29 is 23.9 Å². The smallest absolute Gasteiger partial charge is 0.256 e. The summed E-state index contributed by atoms with van der Waals surface area (Å²) in [5, 5.41) is 0. The van der Waals surface area contributed by atoms with Gasteiger partial charge in [0.15, 0.2) is 0 Å². The first-order valence-corrected chi connectivity index (χ1v) is 12.7. The van der Waals surface area contributed by atoms with E-state index in [2.05, 4.69) is 0 Å². The Labute approximate surface area is 211 Å². The van der Waals surface area contributed by atoms with E-state index in [4.69, 9.17) is 9.47 Å². The molecule has 3 amide bonds. The first-order valence-electron chi connectivity index (χ1n) is 12.7. The van der Waals surface area contributed by atoms with Crippen molar-refractivity contribution in [2.45, 2.75) is 44.4 Å². The molecule has 3 aliphatic rings. The van der Waals surface area contributed by atoms with Gasteiger partial charge < -0.3 is 19.3 Å². The number of aryl methyl sites for hydroxylation is 1. The number of likely N-dealkylation sites (tertiary alicyclic amines) is 2. The largest absolute Gasteiger partial charge is 0.497 e. The highest BCUT2D eigenvalue weighted by molar-refractivity contribution is 5.99. The second-order valence-electron chi connectivity index (χ2n) is 9.87. The minimum atomic E-state index is -0.916. The molecule has 0 aliphatic carbocycles. The summed E-state index contributed by atoms with van der Waals surface area (Å²) in [7, 11) is 1.58. The molecule has 0 saturated carbocycles. The van der Waals surface area contributed by atoms with Crippen molar-refractivity contribution in [2.24, 2.45) is 0 Å². The fraction of sp³-hybridized carbons (Fsp3) is 0.464. The number of methoxy groups -OCH3 is 1. The van der Waals surface area contributed by atoms with Gasteiger partial charge in [-0.1, -0.05) is 17.7 Å². The molecule has 8 nitrogen and oxygen atoms in total. The molecule has 0 N–H and O–H groups in total. The van der Waals surface area contributed by atoms with Gasteiger partial charge >= 0.3 is 0 Å². The number of rotatable bonds is 4. The van der Waals surface area contributed by atoms with E-state index in [1.807, 2.05) is 41.0 Å². The van der Waals surface area contributed by atoms with Crippen molar-refractivity contribution in [3.8, 4) is 5.75 Å². The topological polar surface area (TPSA) is 79.4 Å². The summed E-state index contributed by atoms with van der Waals surface area (Å²) in [6, 6.07) is 13.8. The molecule has 190 valence electrons. The third-order valence-corrected chi connectivity index (χ3v) is 7.62. The summed E-state index contributed by atoms with van der Waals surface area (Å²) in [5.74, 6) is 0.353. The number of piperidine rings is 1. The standard InChI is InChI=1S/C28H33N3O5/c1-20-6-5-7-22(18-20)25(32)30-16-12-28(13-17-30)31(26(33)21-8-10-23(35-2)11-9-21)24(19-36-28)27(34)29-14-3-4-15-29/h5-11,18,24H,3-4,12-17,19H2,1-2H3. The van der Waals surface area contributed by atoms with Gasteiger partial charge in [0.1, 0.15) is 17.5 Å². The van der Waals surface area contributed by atoms with Crippen LogP contribution in [0.15, 0.2) is 48.5 Å². The van der Waals surface area contributed by atoms with Crippen LogP contribution in [0.4, 0.5) is 0 Å².